The molecule has 4 N–H and O–H groups in total. The first-order chi connectivity index (χ1) is 19.6. The summed E-state index contributed by atoms with van der Waals surface area (Å²) in [5.74, 6) is -0.0414. The molecule has 0 radical (unpaired) electrons. The number of H-pyrrole nitrogens is 1. The standard InChI is InChI=1S/C31H31F4N5O/c1-19-26(38-29(37-19)22-7-11-23(12-8-22)31(33,34)35)18-40-16-15-25(39-30(36)41)28(21-9-13-24(32)14-10-21)27(40)17-20-5-3-2-4-6-20/h2-14,25,27-28H,15-18H2,1H3,(H,37,38)(H3,36,39,41). The van der Waals surface area contributed by atoms with Crippen LogP contribution in [-0.2, 0) is 19.1 Å². The lowest BCUT2D eigenvalue weighted by atomic mass is 9.77. The number of amides is 2. The highest BCUT2D eigenvalue weighted by molar-refractivity contribution is 5.72. The number of aromatic amines is 1. The number of hydrogen-bond donors (Lipinski definition) is 3. The average Bonchev–Trinajstić information content (AvgIpc) is 3.30. The van der Waals surface area contributed by atoms with Crippen LogP contribution in [0, 0.1) is 12.7 Å². The summed E-state index contributed by atoms with van der Waals surface area (Å²) in [4.78, 5) is 22.3. The average molecular weight is 566 g/mol. The van der Waals surface area contributed by atoms with Crippen molar-refractivity contribution < 1.29 is 22.4 Å². The monoisotopic (exact) mass is 565 g/mol. The summed E-state index contributed by atoms with van der Waals surface area (Å²) in [5.41, 5.74) is 8.98. The molecule has 3 unspecified atom stereocenters. The third-order valence-electron chi connectivity index (χ3n) is 7.74. The molecule has 3 aromatic carbocycles. The van der Waals surface area contributed by atoms with Gasteiger partial charge in [0.1, 0.15) is 11.6 Å². The van der Waals surface area contributed by atoms with Crippen molar-refractivity contribution in [2.45, 2.75) is 50.5 Å². The minimum Gasteiger partial charge on any atom is -0.352 e. The normalized spacial score (nSPS) is 19.7. The van der Waals surface area contributed by atoms with Crippen LogP contribution < -0.4 is 11.1 Å². The molecule has 1 aromatic heterocycles. The number of nitrogens with one attached hydrogen (secondary N) is 2. The van der Waals surface area contributed by atoms with Crippen molar-refractivity contribution in [3.63, 3.8) is 0 Å². The van der Waals surface area contributed by atoms with Gasteiger partial charge in [-0.05, 0) is 55.2 Å². The van der Waals surface area contributed by atoms with E-state index in [-0.39, 0.29) is 23.8 Å². The maximum Gasteiger partial charge on any atom is 0.416 e. The molecule has 1 saturated heterocycles. The first kappa shape index (κ1) is 28.4. The van der Waals surface area contributed by atoms with Gasteiger partial charge in [-0.25, -0.2) is 14.2 Å². The van der Waals surface area contributed by atoms with Crippen LogP contribution in [-0.4, -0.2) is 39.5 Å². The molecule has 0 saturated carbocycles. The number of imidazole rings is 1. The molecule has 4 aromatic rings. The minimum absolute atomic E-state index is 0.0981. The second-order valence-corrected chi connectivity index (χ2v) is 10.4. The van der Waals surface area contributed by atoms with Crippen molar-refractivity contribution in [2.75, 3.05) is 6.54 Å². The van der Waals surface area contributed by atoms with Crippen LogP contribution >= 0.6 is 0 Å². The van der Waals surface area contributed by atoms with E-state index in [2.05, 4.69) is 15.2 Å². The summed E-state index contributed by atoms with van der Waals surface area (Å²) in [7, 11) is 0. The first-order valence-corrected chi connectivity index (χ1v) is 13.4. The summed E-state index contributed by atoms with van der Waals surface area (Å²) >= 11 is 0. The van der Waals surface area contributed by atoms with E-state index in [0.29, 0.717) is 37.3 Å². The smallest absolute Gasteiger partial charge is 0.352 e. The number of urea groups is 1. The van der Waals surface area contributed by atoms with Crippen LogP contribution in [0.4, 0.5) is 22.4 Å². The number of alkyl halides is 3. The zero-order valence-electron chi connectivity index (χ0n) is 22.5. The zero-order chi connectivity index (χ0) is 29.1. The van der Waals surface area contributed by atoms with Crippen molar-refractivity contribution >= 4 is 6.03 Å². The number of aryl methyl sites for hydroxylation is 1. The number of piperidine rings is 1. The number of carbonyl (C=O) groups is 1. The Bertz CT molecular complexity index is 1470. The van der Waals surface area contributed by atoms with E-state index < -0.39 is 17.8 Å². The second kappa shape index (κ2) is 11.7. The van der Waals surface area contributed by atoms with Crippen LogP contribution in [0.3, 0.4) is 0 Å². The van der Waals surface area contributed by atoms with Gasteiger partial charge in [-0.3, -0.25) is 4.90 Å². The maximum atomic E-state index is 13.9. The number of carbonyl (C=O) groups excluding carboxylic acids is 1. The molecule has 0 spiro atoms. The molecule has 0 aliphatic carbocycles. The number of primary amides is 1. The van der Waals surface area contributed by atoms with Gasteiger partial charge in [0.05, 0.1) is 11.3 Å². The van der Waals surface area contributed by atoms with Gasteiger partial charge in [0, 0.05) is 42.3 Å². The van der Waals surface area contributed by atoms with Gasteiger partial charge >= 0.3 is 12.2 Å². The van der Waals surface area contributed by atoms with E-state index in [4.69, 9.17) is 10.7 Å². The van der Waals surface area contributed by atoms with E-state index in [9.17, 15) is 22.4 Å². The Morgan fingerprint density at radius 1 is 1.05 bits per heavy atom. The van der Waals surface area contributed by atoms with E-state index in [1.165, 1.54) is 24.3 Å². The van der Waals surface area contributed by atoms with Crippen LogP contribution in [0.1, 0.15) is 40.4 Å². The summed E-state index contributed by atoms with van der Waals surface area (Å²) in [6.07, 6.45) is -3.13. The zero-order valence-corrected chi connectivity index (χ0v) is 22.5. The molecule has 5 rings (SSSR count). The lowest BCUT2D eigenvalue weighted by Gasteiger charge is -2.46. The molecule has 214 valence electrons. The van der Waals surface area contributed by atoms with Gasteiger partial charge in [0.2, 0.25) is 0 Å². The van der Waals surface area contributed by atoms with Crippen molar-refractivity contribution in [3.8, 4) is 11.4 Å². The Morgan fingerprint density at radius 2 is 1.73 bits per heavy atom. The van der Waals surface area contributed by atoms with E-state index >= 15 is 0 Å². The van der Waals surface area contributed by atoms with Crippen molar-refractivity contribution in [1.82, 2.24) is 20.2 Å². The lowest BCUT2D eigenvalue weighted by Crippen LogP contribution is -2.56. The third-order valence-corrected chi connectivity index (χ3v) is 7.74. The van der Waals surface area contributed by atoms with Gasteiger partial charge in [0.25, 0.3) is 0 Å². The minimum atomic E-state index is -4.41. The number of nitrogens with two attached hydrogens (primary N) is 1. The SMILES string of the molecule is Cc1[nH]c(-c2ccc(C(F)(F)F)cc2)nc1CN1CCC(NC(N)=O)C(c2ccc(F)cc2)C1Cc1ccccc1. The van der Waals surface area contributed by atoms with Crippen molar-refractivity contribution in [3.05, 3.63) is 113 Å². The molecule has 2 heterocycles. The third kappa shape index (κ3) is 6.59. The number of benzene rings is 3. The van der Waals surface area contributed by atoms with Gasteiger partial charge in [-0.15, -0.1) is 0 Å². The Labute approximate surface area is 235 Å². The predicted molar refractivity (Wildman–Crippen MR) is 148 cm³/mol. The number of likely N-dealkylation sites (tertiary alicyclic amines) is 1. The lowest BCUT2D eigenvalue weighted by molar-refractivity contribution is -0.137. The molecular formula is C31H31F4N5O. The number of aromatic nitrogens is 2. The van der Waals surface area contributed by atoms with Crippen molar-refractivity contribution in [2.24, 2.45) is 5.73 Å². The molecule has 2 amide bonds. The van der Waals surface area contributed by atoms with E-state index in [1.54, 1.807) is 12.1 Å². The van der Waals surface area contributed by atoms with Crippen LogP contribution in [0.5, 0.6) is 0 Å². The fraction of sp³-hybridized carbons (Fsp3) is 0.290. The highest BCUT2D eigenvalue weighted by atomic mass is 19.4. The van der Waals surface area contributed by atoms with Gasteiger partial charge in [0.15, 0.2) is 0 Å². The number of nitrogens with zero attached hydrogens (tertiary/aromatic N) is 2. The molecule has 6 nitrogen and oxygen atoms in total. The molecule has 1 aliphatic heterocycles. The van der Waals surface area contributed by atoms with Crippen LogP contribution in [0.2, 0.25) is 0 Å². The molecular weight excluding hydrogens is 534 g/mol. The predicted octanol–water partition coefficient (Wildman–Crippen LogP) is 6.18. The topological polar surface area (TPSA) is 87.0 Å². The Kier molecular flexibility index (Phi) is 8.12. The molecule has 1 fully saturated rings. The van der Waals surface area contributed by atoms with E-state index in [0.717, 1.165) is 34.6 Å². The molecule has 0 bridgehead atoms. The Morgan fingerprint density at radius 3 is 2.37 bits per heavy atom. The van der Waals surface area contributed by atoms with Crippen molar-refractivity contribution in [1.29, 1.82) is 0 Å². The van der Waals surface area contributed by atoms with E-state index in [1.807, 2.05) is 37.3 Å². The summed E-state index contributed by atoms with van der Waals surface area (Å²) in [6, 6.07) is 20.3. The largest absolute Gasteiger partial charge is 0.416 e. The van der Waals surface area contributed by atoms with Gasteiger partial charge in [-0.2, -0.15) is 13.2 Å². The molecule has 3 atom stereocenters. The highest BCUT2D eigenvalue weighted by Crippen LogP contribution is 2.37. The first-order valence-electron chi connectivity index (χ1n) is 13.4. The number of hydrogen-bond acceptors (Lipinski definition) is 3. The van der Waals surface area contributed by atoms with Gasteiger partial charge < -0.3 is 16.0 Å². The number of halogens is 4. The van der Waals surface area contributed by atoms with Gasteiger partial charge in [-0.1, -0.05) is 54.6 Å². The summed E-state index contributed by atoms with van der Waals surface area (Å²) in [5, 5.41) is 2.91. The molecule has 1 aliphatic rings. The maximum absolute atomic E-state index is 13.9. The fourth-order valence-electron chi connectivity index (χ4n) is 5.73. The molecule has 41 heavy (non-hydrogen) atoms. The highest BCUT2D eigenvalue weighted by Gasteiger charge is 2.40. The summed E-state index contributed by atoms with van der Waals surface area (Å²) < 4.78 is 53.0. The summed E-state index contributed by atoms with van der Waals surface area (Å²) in [6.45, 7) is 3.00. The Balaban J connectivity index is 1.48. The molecule has 10 heteroatoms. The quantitative estimate of drug-likeness (QED) is 0.234. The second-order valence-electron chi connectivity index (χ2n) is 10.4. The van der Waals surface area contributed by atoms with Crippen LogP contribution in [0.15, 0.2) is 78.9 Å². The number of rotatable bonds is 7. The Hall–Kier alpha value is -4.18. The van der Waals surface area contributed by atoms with Crippen LogP contribution in [0.25, 0.3) is 11.4 Å². The fourth-order valence-corrected chi connectivity index (χ4v) is 5.73.